The van der Waals surface area contributed by atoms with Crippen molar-refractivity contribution < 1.29 is 4.79 Å². The van der Waals surface area contributed by atoms with Gasteiger partial charge in [-0.1, -0.05) is 20.8 Å². The number of hydrogen-bond acceptors (Lipinski definition) is 3. The zero-order valence-corrected chi connectivity index (χ0v) is 13.1. The maximum Gasteiger partial charge on any atom is 0.240 e. The van der Waals surface area contributed by atoms with Crippen molar-refractivity contribution in [2.45, 2.75) is 63.7 Å². The molecular formula is C14H26N2OS. The number of amides is 1. The first-order valence-corrected chi connectivity index (χ1v) is 7.82. The van der Waals surface area contributed by atoms with E-state index >= 15 is 0 Å². The van der Waals surface area contributed by atoms with Gasteiger partial charge >= 0.3 is 0 Å². The number of carbonyl (C=O) groups is 1. The Hall–Kier alpha value is -0.220. The average molecular weight is 270 g/mol. The van der Waals surface area contributed by atoms with Crippen molar-refractivity contribution >= 4 is 17.7 Å². The second kappa shape index (κ2) is 4.41. The third kappa shape index (κ3) is 1.88. The monoisotopic (exact) mass is 270 g/mol. The van der Waals surface area contributed by atoms with Gasteiger partial charge in [-0.2, -0.15) is 0 Å². The Morgan fingerprint density at radius 3 is 2.22 bits per heavy atom. The van der Waals surface area contributed by atoms with Crippen LogP contribution in [-0.4, -0.2) is 33.0 Å². The van der Waals surface area contributed by atoms with Crippen LogP contribution in [0.25, 0.3) is 0 Å². The molecule has 0 bridgehead atoms. The molecule has 0 aromatic carbocycles. The molecule has 6 atom stereocenters. The number of rotatable bonds is 0. The summed E-state index contributed by atoms with van der Waals surface area (Å²) >= 11 is 1.94. The minimum absolute atomic E-state index is 0.120. The van der Waals surface area contributed by atoms with Gasteiger partial charge in [0.15, 0.2) is 0 Å². The fraction of sp³-hybridized carbons (Fsp3) is 0.929. The van der Waals surface area contributed by atoms with Crippen molar-refractivity contribution in [3.05, 3.63) is 0 Å². The van der Waals surface area contributed by atoms with E-state index in [4.69, 9.17) is 5.73 Å². The Bertz CT molecular complexity index is 358. The van der Waals surface area contributed by atoms with Crippen LogP contribution in [-0.2, 0) is 4.79 Å². The lowest BCUT2D eigenvalue weighted by atomic mass is 9.82. The maximum absolute atomic E-state index is 12.6. The van der Waals surface area contributed by atoms with Crippen LogP contribution in [0.1, 0.15) is 41.5 Å². The molecule has 104 valence electrons. The highest BCUT2D eigenvalue weighted by Gasteiger charge is 2.53. The molecule has 2 saturated heterocycles. The van der Waals surface area contributed by atoms with E-state index in [0.717, 1.165) is 0 Å². The third-order valence-electron chi connectivity index (χ3n) is 5.34. The van der Waals surface area contributed by atoms with E-state index in [2.05, 4.69) is 46.4 Å². The zero-order valence-electron chi connectivity index (χ0n) is 12.3. The molecule has 2 N–H and O–H groups in total. The summed E-state index contributed by atoms with van der Waals surface area (Å²) in [5, 5.41) is 0.286. The van der Waals surface area contributed by atoms with Gasteiger partial charge in [0, 0.05) is 10.8 Å². The Morgan fingerprint density at radius 2 is 1.67 bits per heavy atom. The molecule has 0 aromatic rings. The number of nitrogens with zero attached hydrogens (tertiary/aromatic N) is 1. The van der Waals surface area contributed by atoms with E-state index in [9.17, 15) is 4.79 Å². The molecule has 18 heavy (non-hydrogen) atoms. The minimum Gasteiger partial charge on any atom is -0.325 e. The quantitative estimate of drug-likeness (QED) is 0.735. The molecule has 0 aromatic heterocycles. The summed E-state index contributed by atoms with van der Waals surface area (Å²) in [6.07, 6.45) is 0. The lowest BCUT2D eigenvalue weighted by molar-refractivity contribution is -0.135. The number of hydrogen-bond donors (Lipinski definition) is 1. The molecule has 3 nitrogen and oxygen atoms in total. The van der Waals surface area contributed by atoms with Gasteiger partial charge in [-0.3, -0.25) is 4.79 Å². The molecule has 0 spiro atoms. The number of nitrogens with two attached hydrogens (primary N) is 1. The predicted molar refractivity (Wildman–Crippen MR) is 77.2 cm³/mol. The Balaban J connectivity index is 2.41. The smallest absolute Gasteiger partial charge is 0.240 e. The third-order valence-corrected chi connectivity index (χ3v) is 7.18. The summed E-state index contributed by atoms with van der Waals surface area (Å²) in [6, 6.07) is -0.0876. The van der Waals surface area contributed by atoms with Gasteiger partial charge in [0.1, 0.15) is 0 Å². The van der Waals surface area contributed by atoms with Gasteiger partial charge in [-0.05, 0) is 38.5 Å². The highest BCUT2D eigenvalue weighted by atomic mass is 32.2. The van der Waals surface area contributed by atoms with Crippen LogP contribution < -0.4 is 5.73 Å². The van der Waals surface area contributed by atoms with Gasteiger partial charge in [-0.25, -0.2) is 0 Å². The van der Waals surface area contributed by atoms with Crippen molar-refractivity contribution in [3.8, 4) is 0 Å². The average Bonchev–Trinajstić information content (AvgIpc) is 2.53. The first-order chi connectivity index (χ1) is 8.18. The van der Waals surface area contributed by atoms with Gasteiger partial charge in [0.25, 0.3) is 0 Å². The van der Waals surface area contributed by atoms with Gasteiger partial charge < -0.3 is 10.6 Å². The van der Waals surface area contributed by atoms with Crippen molar-refractivity contribution in [3.63, 3.8) is 0 Å². The summed E-state index contributed by atoms with van der Waals surface area (Å²) in [5.41, 5.74) is 6.18. The number of thioether (sulfide) groups is 1. The molecule has 0 aliphatic carbocycles. The first-order valence-electron chi connectivity index (χ1n) is 6.94. The van der Waals surface area contributed by atoms with Crippen LogP contribution in [0.3, 0.4) is 0 Å². The van der Waals surface area contributed by atoms with Crippen LogP contribution in [0.5, 0.6) is 0 Å². The second-order valence-electron chi connectivity index (χ2n) is 6.64. The SMILES string of the molecule is CC1C(N)C(=O)N2C(SC(C)(C)C2C)C(C)C1C. The normalized spacial score (nSPS) is 47.9. The van der Waals surface area contributed by atoms with Gasteiger partial charge in [-0.15, -0.1) is 11.8 Å². The fourth-order valence-electron chi connectivity index (χ4n) is 3.16. The van der Waals surface area contributed by atoms with E-state index in [-0.39, 0.29) is 34.0 Å². The summed E-state index contributed by atoms with van der Waals surface area (Å²) in [5.74, 6) is 1.38. The maximum atomic E-state index is 12.6. The first kappa shape index (κ1) is 14.2. The lowest BCUT2D eigenvalue weighted by Gasteiger charge is -2.31. The molecule has 2 fully saturated rings. The van der Waals surface area contributed by atoms with Gasteiger partial charge in [0.2, 0.25) is 5.91 Å². The molecular weight excluding hydrogens is 244 g/mol. The van der Waals surface area contributed by atoms with Crippen LogP contribution in [0, 0.1) is 17.8 Å². The van der Waals surface area contributed by atoms with E-state index in [1.807, 2.05) is 11.8 Å². The largest absolute Gasteiger partial charge is 0.325 e. The van der Waals surface area contributed by atoms with E-state index in [1.165, 1.54) is 0 Å². The number of fused-ring (bicyclic) bond motifs is 1. The standard InChI is InChI=1S/C14H26N2OS/c1-7-8(2)11(15)12(17)16-10(4)14(5,6)18-13(16)9(7)3/h7-11,13H,15H2,1-6H3. The summed E-state index contributed by atoms with van der Waals surface area (Å²) in [4.78, 5) is 14.7. The van der Waals surface area contributed by atoms with E-state index in [1.54, 1.807) is 0 Å². The summed E-state index contributed by atoms with van der Waals surface area (Å²) < 4.78 is 0.120. The topological polar surface area (TPSA) is 46.3 Å². The van der Waals surface area contributed by atoms with Crippen molar-refractivity contribution in [2.75, 3.05) is 0 Å². The molecule has 2 aliphatic rings. The Labute approximate surface area is 115 Å². The summed E-state index contributed by atoms with van der Waals surface area (Å²) in [6.45, 7) is 13.2. The molecule has 4 heteroatoms. The van der Waals surface area contributed by atoms with Crippen LogP contribution in [0.15, 0.2) is 0 Å². The summed E-state index contributed by atoms with van der Waals surface area (Å²) in [7, 11) is 0. The highest BCUT2D eigenvalue weighted by molar-refractivity contribution is 8.01. The molecule has 0 radical (unpaired) electrons. The number of carbonyl (C=O) groups excluding carboxylic acids is 1. The van der Waals surface area contributed by atoms with Crippen LogP contribution in [0.4, 0.5) is 0 Å². The fourth-order valence-corrected chi connectivity index (χ4v) is 4.96. The van der Waals surface area contributed by atoms with E-state index in [0.29, 0.717) is 11.8 Å². The van der Waals surface area contributed by atoms with Crippen LogP contribution >= 0.6 is 11.8 Å². The van der Waals surface area contributed by atoms with Crippen LogP contribution in [0.2, 0.25) is 0 Å². The lowest BCUT2D eigenvalue weighted by Crippen LogP contribution is -2.51. The predicted octanol–water partition coefficient (Wildman–Crippen LogP) is 2.30. The molecule has 2 aliphatic heterocycles. The van der Waals surface area contributed by atoms with Gasteiger partial charge in [0.05, 0.1) is 11.4 Å². The molecule has 2 rings (SSSR count). The Kier molecular flexibility index (Phi) is 3.48. The zero-order chi connectivity index (χ0) is 13.8. The minimum atomic E-state index is -0.343. The molecule has 6 unspecified atom stereocenters. The second-order valence-corrected chi connectivity index (χ2v) is 8.41. The molecule has 1 amide bonds. The van der Waals surface area contributed by atoms with Crippen molar-refractivity contribution in [2.24, 2.45) is 23.5 Å². The Morgan fingerprint density at radius 1 is 1.11 bits per heavy atom. The molecule has 2 heterocycles. The molecule has 0 saturated carbocycles. The van der Waals surface area contributed by atoms with Crippen molar-refractivity contribution in [1.29, 1.82) is 0 Å². The van der Waals surface area contributed by atoms with Crippen molar-refractivity contribution in [1.82, 2.24) is 4.90 Å². The van der Waals surface area contributed by atoms with E-state index < -0.39 is 0 Å². The highest BCUT2D eigenvalue weighted by Crippen LogP contribution is 2.50.